The lowest BCUT2D eigenvalue weighted by Gasteiger charge is -2.31. The topological polar surface area (TPSA) is 130 Å². The predicted molar refractivity (Wildman–Crippen MR) is 126 cm³/mol. The van der Waals surface area contributed by atoms with E-state index in [4.69, 9.17) is 10.5 Å². The minimum absolute atomic E-state index is 0.00590. The number of nitrogens with zero attached hydrogens (tertiary/aromatic N) is 6. The van der Waals surface area contributed by atoms with Crippen LogP contribution in [0.1, 0.15) is 25.5 Å². The maximum absolute atomic E-state index is 13.4. The molecule has 11 heteroatoms. The van der Waals surface area contributed by atoms with Crippen LogP contribution in [0.3, 0.4) is 0 Å². The molecular formula is C23H27N7O4. The lowest BCUT2D eigenvalue weighted by Crippen LogP contribution is -2.44. The van der Waals surface area contributed by atoms with Crippen LogP contribution in [0, 0.1) is 11.8 Å². The molecule has 11 nitrogen and oxygen atoms in total. The van der Waals surface area contributed by atoms with Gasteiger partial charge in [0.15, 0.2) is 11.2 Å². The maximum Gasteiger partial charge on any atom is 0.333 e. The van der Waals surface area contributed by atoms with Gasteiger partial charge in [-0.3, -0.25) is 23.7 Å². The van der Waals surface area contributed by atoms with Gasteiger partial charge in [-0.25, -0.2) is 9.36 Å². The second kappa shape index (κ2) is 9.93. The van der Waals surface area contributed by atoms with Crippen LogP contribution in [0.5, 0.6) is 0 Å². The van der Waals surface area contributed by atoms with Gasteiger partial charge < -0.3 is 15.4 Å². The van der Waals surface area contributed by atoms with E-state index in [0.717, 1.165) is 24.0 Å². The number of carbonyl (C=O) groups is 1. The largest absolute Gasteiger partial charge is 0.458 e. The zero-order chi connectivity index (χ0) is 24.2. The molecule has 4 rings (SSSR count). The van der Waals surface area contributed by atoms with Crippen molar-refractivity contribution in [2.75, 3.05) is 18.0 Å². The first kappa shape index (κ1) is 23.3. The minimum atomic E-state index is -0.717. The molecule has 0 radical (unpaired) electrons. The normalized spacial score (nSPS) is 15.7. The number of anilines is 1. The third kappa shape index (κ3) is 4.58. The molecule has 34 heavy (non-hydrogen) atoms. The summed E-state index contributed by atoms with van der Waals surface area (Å²) in [7, 11) is 1.52. The number of carbonyl (C=O) groups excluding carboxylic acids is 1. The van der Waals surface area contributed by atoms with Crippen LogP contribution in [0.4, 0.5) is 5.95 Å². The van der Waals surface area contributed by atoms with Crippen LogP contribution in [0.25, 0.3) is 11.2 Å². The Morgan fingerprint density at radius 2 is 2.12 bits per heavy atom. The highest BCUT2D eigenvalue weighted by atomic mass is 16.5. The third-order valence-corrected chi connectivity index (χ3v) is 5.76. The maximum atomic E-state index is 13.4. The van der Waals surface area contributed by atoms with E-state index >= 15 is 0 Å². The fourth-order valence-corrected chi connectivity index (χ4v) is 4.05. The first-order chi connectivity index (χ1) is 16.4. The SMILES string of the molecule is CC#CCn1c(N2CCCC(N)C2)nc2c1c(=O)n(CC(=O)OCc1ccccn1)c(=O)n2C. The summed E-state index contributed by atoms with van der Waals surface area (Å²) in [6.07, 6.45) is 3.40. The molecule has 1 unspecified atom stereocenters. The fraction of sp³-hybridized carbons (Fsp3) is 0.435. The molecule has 3 aromatic rings. The van der Waals surface area contributed by atoms with Gasteiger partial charge in [0.05, 0.1) is 12.2 Å². The van der Waals surface area contributed by atoms with Gasteiger partial charge in [0, 0.05) is 32.4 Å². The fourth-order valence-electron chi connectivity index (χ4n) is 4.05. The van der Waals surface area contributed by atoms with Gasteiger partial charge in [0.2, 0.25) is 5.95 Å². The Bertz CT molecular complexity index is 1380. The molecule has 0 aliphatic carbocycles. The number of piperidine rings is 1. The zero-order valence-corrected chi connectivity index (χ0v) is 19.2. The molecule has 178 valence electrons. The van der Waals surface area contributed by atoms with Gasteiger partial charge in [-0.1, -0.05) is 12.0 Å². The lowest BCUT2D eigenvalue weighted by molar-refractivity contribution is -0.145. The first-order valence-electron chi connectivity index (χ1n) is 11.1. The van der Waals surface area contributed by atoms with Crippen molar-refractivity contribution >= 4 is 23.1 Å². The zero-order valence-electron chi connectivity index (χ0n) is 19.2. The molecule has 0 saturated carbocycles. The van der Waals surface area contributed by atoms with Crippen molar-refractivity contribution in [3.8, 4) is 11.8 Å². The van der Waals surface area contributed by atoms with E-state index in [0.29, 0.717) is 18.2 Å². The molecule has 0 bridgehead atoms. The molecule has 1 saturated heterocycles. The summed E-state index contributed by atoms with van der Waals surface area (Å²) in [5.74, 6) is 5.63. The Labute approximate surface area is 195 Å². The average molecular weight is 466 g/mol. The summed E-state index contributed by atoms with van der Waals surface area (Å²) >= 11 is 0. The van der Waals surface area contributed by atoms with E-state index in [1.165, 1.54) is 11.6 Å². The van der Waals surface area contributed by atoms with Crippen molar-refractivity contribution in [3.05, 3.63) is 50.9 Å². The molecule has 0 amide bonds. The van der Waals surface area contributed by atoms with Crippen molar-refractivity contribution < 1.29 is 9.53 Å². The number of aromatic nitrogens is 5. The van der Waals surface area contributed by atoms with Crippen LogP contribution in [0.15, 0.2) is 34.0 Å². The number of pyridine rings is 1. The monoisotopic (exact) mass is 465 g/mol. The summed E-state index contributed by atoms with van der Waals surface area (Å²) in [6.45, 7) is 2.67. The van der Waals surface area contributed by atoms with E-state index in [-0.39, 0.29) is 30.4 Å². The van der Waals surface area contributed by atoms with Crippen LogP contribution in [-0.4, -0.2) is 48.8 Å². The number of hydrogen-bond acceptors (Lipinski definition) is 8. The Balaban J connectivity index is 1.73. The van der Waals surface area contributed by atoms with E-state index in [1.807, 2.05) is 4.90 Å². The molecule has 1 fully saturated rings. The third-order valence-electron chi connectivity index (χ3n) is 5.76. The van der Waals surface area contributed by atoms with Gasteiger partial charge in [-0.05, 0) is 31.9 Å². The van der Waals surface area contributed by atoms with Crippen molar-refractivity contribution in [1.29, 1.82) is 0 Å². The van der Waals surface area contributed by atoms with E-state index < -0.39 is 23.8 Å². The number of aryl methyl sites for hydroxylation is 1. The molecule has 4 heterocycles. The van der Waals surface area contributed by atoms with Gasteiger partial charge in [-0.2, -0.15) is 4.98 Å². The van der Waals surface area contributed by atoms with Crippen molar-refractivity contribution in [3.63, 3.8) is 0 Å². The first-order valence-corrected chi connectivity index (χ1v) is 11.1. The van der Waals surface area contributed by atoms with E-state index in [1.54, 1.807) is 35.9 Å². The number of imidazole rings is 1. The van der Waals surface area contributed by atoms with Crippen LogP contribution in [0.2, 0.25) is 0 Å². The van der Waals surface area contributed by atoms with Crippen molar-refractivity contribution in [2.24, 2.45) is 12.8 Å². The summed E-state index contributed by atoms with van der Waals surface area (Å²) in [6, 6.07) is 5.24. The van der Waals surface area contributed by atoms with Gasteiger partial charge in [0.1, 0.15) is 13.2 Å². The highest BCUT2D eigenvalue weighted by molar-refractivity contribution is 5.76. The van der Waals surface area contributed by atoms with Crippen molar-refractivity contribution in [1.82, 2.24) is 23.7 Å². The lowest BCUT2D eigenvalue weighted by atomic mass is 10.1. The Morgan fingerprint density at radius 3 is 2.82 bits per heavy atom. The summed E-state index contributed by atoms with van der Waals surface area (Å²) in [4.78, 5) is 49.6. The molecule has 0 aromatic carbocycles. The number of nitrogens with two attached hydrogens (primary N) is 1. The molecule has 1 aliphatic heterocycles. The number of ether oxygens (including phenoxy) is 1. The second-order valence-corrected chi connectivity index (χ2v) is 8.16. The van der Waals surface area contributed by atoms with Gasteiger partial charge in [-0.15, -0.1) is 5.92 Å². The van der Waals surface area contributed by atoms with Crippen LogP contribution < -0.4 is 21.9 Å². The molecule has 2 N–H and O–H groups in total. The van der Waals surface area contributed by atoms with E-state index in [9.17, 15) is 14.4 Å². The summed E-state index contributed by atoms with van der Waals surface area (Å²) < 4.78 is 9.06. The smallest absolute Gasteiger partial charge is 0.333 e. The highest BCUT2D eigenvalue weighted by Gasteiger charge is 2.26. The van der Waals surface area contributed by atoms with Gasteiger partial charge >= 0.3 is 11.7 Å². The minimum Gasteiger partial charge on any atom is -0.458 e. The Kier molecular flexibility index (Phi) is 6.79. The average Bonchev–Trinajstić information content (AvgIpc) is 3.23. The van der Waals surface area contributed by atoms with Crippen LogP contribution in [-0.2, 0) is 36.3 Å². The highest BCUT2D eigenvalue weighted by Crippen LogP contribution is 2.22. The number of fused-ring (bicyclic) bond motifs is 1. The predicted octanol–water partition coefficient (Wildman–Crippen LogP) is -0.0141. The summed E-state index contributed by atoms with van der Waals surface area (Å²) in [5.41, 5.74) is 5.89. The van der Waals surface area contributed by atoms with Crippen molar-refractivity contribution in [2.45, 2.75) is 45.5 Å². The molecule has 1 atom stereocenters. The Hall–Kier alpha value is -3.91. The molecule has 0 spiro atoms. The van der Waals surface area contributed by atoms with Gasteiger partial charge in [0.25, 0.3) is 5.56 Å². The number of esters is 1. The van der Waals surface area contributed by atoms with E-state index in [2.05, 4.69) is 21.8 Å². The standard InChI is InChI=1S/C23H27N7O4/c1-3-4-12-29-19-20(26-22(29)28-11-7-8-16(24)13-28)27(2)23(33)30(21(19)32)14-18(31)34-15-17-9-5-6-10-25-17/h5-6,9-10,16H,7-8,11-15,24H2,1-2H3. The summed E-state index contributed by atoms with van der Waals surface area (Å²) in [5, 5.41) is 0. The Morgan fingerprint density at radius 1 is 1.29 bits per heavy atom. The quantitative estimate of drug-likeness (QED) is 0.397. The van der Waals surface area contributed by atoms with Crippen LogP contribution >= 0.6 is 0 Å². The second-order valence-electron chi connectivity index (χ2n) is 8.16. The molecule has 3 aromatic heterocycles. The number of rotatable bonds is 6. The molecular weight excluding hydrogens is 438 g/mol. The number of hydrogen-bond donors (Lipinski definition) is 1. The molecule has 1 aliphatic rings.